The normalized spacial score (nSPS) is 13.3. The lowest BCUT2D eigenvalue weighted by Gasteiger charge is -2.06. The maximum absolute atomic E-state index is 9.29. The molecule has 1 aliphatic carbocycles. The third kappa shape index (κ3) is 1.07. The van der Waals surface area contributed by atoms with E-state index in [9.17, 15) is 5.11 Å². The van der Waals surface area contributed by atoms with Gasteiger partial charge in [0, 0.05) is 0 Å². The van der Waals surface area contributed by atoms with E-state index in [4.69, 9.17) is 0 Å². The van der Waals surface area contributed by atoms with Crippen LogP contribution in [0.1, 0.15) is 23.6 Å². The van der Waals surface area contributed by atoms with Crippen molar-refractivity contribution in [1.82, 2.24) is 0 Å². The molecule has 15 heavy (non-hydrogen) atoms. The smallest absolute Gasteiger partial charge is 0.0687 e. The Morgan fingerprint density at radius 3 is 2.80 bits per heavy atom. The number of hydrogen-bond donors (Lipinski definition) is 1. The van der Waals surface area contributed by atoms with E-state index in [1.54, 1.807) is 0 Å². The van der Waals surface area contributed by atoms with E-state index in [-0.39, 0.29) is 6.61 Å². The van der Waals surface area contributed by atoms with E-state index in [1.807, 2.05) is 6.07 Å². The van der Waals surface area contributed by atoms with Crippen molar-refractivity contribution >= 4 is 22.4 Å². The zero-order valence-corrected chi connectivity index (χ0v) is 8.62. The lowest BCUT2D eigenvalue weighted by molar-refractivity contribution is 0.282. The second kappa shape index (κ2) is 2.94. The zero-order chi connectivity index (χ0) is 10.4. The van der Waals surface area contributed by atoms with Gasteiger partial charge in [0.05, 0.1) is 6.61 Å². The molecule has 0 saturated carbocycles. The number of aliphatic hydroxyl groups is 1. The highest BCUT2D eigenvalue weighted by atomic mass is 16.3. The number of aliphatic hydroxyl groups excluding tert-OH is 1. The standard InChI is InChI=1S/C14H12O/c1-9-7-13-11(8-15)6-5-10-3-2-4-12(9)14(10)13/h2-7,15H,8H2,1H3. The highest BCUT2D eigenvalue weighted by Gasteiger charge is 2.15. The fourth-order valence-corrected chi connectivity index (χ4v) is 2.38. The van der Waals surface area contributed by atoms with E-state index in [2.05, 4.69) is 37.3 Å². The molecule has 0 unspecified atom stereocenters. The molecule has 0 fully saturated rings. The van der Waals surface area contributed by atoms with Gasteiger partial charge in [-0.25, -0.2) is 0 Å². The zero-order valence-electron chi connectivity index (χ0n) is 8.62. The number of benzene rings is 2. The van der Waals surface area contributed by atoms with E-state index >= 15 is 0 Å². The molecular weight excluding hydrogens is 184 g/mol. The lowest BCUT2D eigenvalue weighted by Crippen LogP contribution is -1.88. The summed E-state index contributed by atoms with van der Waals surface area (Å²) in [6, 6.07) is 10.4. The fourth-order valence-electron chi connectivity index (χ4n) is 2.38. The van der Waals surface area contributed by atoms with Crippen molar-refractivity contribution in [3.8, 4) is 0 Å². The molecule has 0 amide bonds. The van der Waals surface area contributed by atoms with Crippen LogP contribution in [-0.2, 0) is 6.61 Å². The molecule has 2 aromatic carbocycles. The summed E-state index contributed by atoms with van der Waals surface area (Å²) in [4.78, 5) is 0. The maximum atomic E-state index is 9.29. The molecule has 1 aliphatic rings. The number of hydrogen-bond acceptors (Lipinski definition) is 1. The average Bonchev–Trinajstić information content (AvgIpc) is 2.60. The fraction of sp³-hybridized carbons (Fsp3) is 0.143. The first-order chi connectivity index (χ1) is 7.31. The highest BCUT2D eigenvalue weighted by Crippen LogP contribution is 2.37. The molecule has 1 N–H and O–H groups in total. The van der Waals surface area contributed by atoms with Gasteiger partial charge >= 0.3 is 0 Å². The third-order valence-electron chi connectivity index (χ3n) is 3.13. The Hall–Kier alpha value is -1.60. The second-order valence-corrected chi connectivity index (χ2v) is 4.03. The SMILES string of the molecule is CC1=Cc2c(CO)ccc3cccc1c23. The molecule has 0 aliphatic heterocycles. The van der Waals surface area contributed by atoms with Gasteiger partial charge in [-0.3, -0.25) is 0 Å². The van der Waals surface area contributed by atoms with Crippen molar-refractivity contribution < 1.29 is 5.11 Å². The number of allylic oxidation sites excluding steroid dienone is 1. The minimum Gasteiger partial charge on any atom is -0.392 e. The molecule has 74 valence electrons. The summed E-state index contributed by atoms with van der Waals surface area (Å²) >= 11 is 0. The monoisotopic (exact) mass is 196 g/mol. The summed E-state index contributed by atoms with van der Waals surface area (Å²) in [6.45, 7) is 2.24. The molecular formula is C14H12O. The summed E-state index contributed by atoms with van der Waals surface area (Å²) in [5.74, 6) is 0. The molecule has 0 atom stereocenters. The van der Waals surface area contributed by atoms with Crippen LogP contribution in [0.15, 0.2) is 30.3 Å². The maximum Gasteiger partial charge on any atom is 0.0687 e. The van der Waals surface area contributed by atoms with Gasteiger partial charge in [0.15, 0.2) is 0 Å². The first-order valence-electron chi connectivity index (χ1n) is 5.15. The summed E-state index contributed by atoms with van der Waals surface area (Å²) < 4.78 is 0. The van der Waals surface area contributed by atoms with Crippen LogP contribution in [0.5, 0.6) is 0 Å². The van der Waals surface area contributed by atoms with Crippen LogP contribution in [0, 0.1) is 0 Å². The van der Waals surface area contributed by atoms with Gasteiger partial charge in [0.25, 0.3) is 0 Å². The van der Waals surface area contributed by atoms with E-state index in [0.29, 0.717) is 0 Å². The minimum absolute atomic E-state index is 0.114. The molecule has 3 rings (SSSR count). The first kappa shape index (κ1) is 8.69. The van der Waals surface area contributed by atoms with E-state index < -0.39 is 0 Å². The summed E-state index contributed by atoms with van der Waals surface area (Å²) in [7, 11) is 0. The van der Waals surface area contributed by atoms with Crippen LogP contribution >= 0.6 is 0 Å². The Morgan fingerprint density at radius 1 is 1.13 bits per heavy atom. The van der Waals surface area contributed by atoms with Crippen molar-refractivity contribution in [2.75, 3.05) is 0 Å². The van der Waals surface area contributed by atoms with Crippen LogP contribution in [0.2, 0.25) is 0 Å². The topological polar surface area (TPSA) is 20.2 Å². The molecule has 0 bridgehead atoms. The first-order valence-corrected chi connectivity index (χ1v) is 5.15. The summed E-state index contributed by atoms with van der Waals surface area (Å²) in [5.41, 5.74) is 4.81. The largest absolute Gasteiger partial charge is 0.392 e. The van der Waals surface area contributed by atoms with Crippen LogP contribution in [-0.4, -0.2) is 5.11 Å². The van der Waals surface area contributed by atoms with Crippen LogP contribution < -0.4 is 0 Å². The van der Waals surface area contributed by atoms with Crippen LogP contribution in [0.3, 0.4) is 0 Å². The lowest BCUT2D eigenvalue weighted by atomic mass is 9.99. The van der Waals surface area contributed by atoms with Crippen LogP contribution in [0.25, 0.3) is 22.4 Å². The predicted molar refractivity (Wildman–Crippen MR) is 63.4 cm³/mol. The quantitative estimate of drug-likeness (QED) is 0.742. The van der Waals surface area contributed by atoms with Gasteiger partial charge in [-0.15, -0.1) is 0 Å². The van der Waals surface area contributed by atoms with Crippen molar-refractivity contribution in [2.24, 2.45) is 0 Å². The van der Waals surface area contributed by atoms with Crippen molar-refractivity contribution in [3.63, 3.8) is 0 Å². The Morgan fingerprint density at radius 2 is 2.00 bits per heavy atom. The van der Waals surface area contributed by atoms with Gasteiger partial charge in [0.1, 0.15) is 0 Å². The van der Waals surface area contributed by atoms with Crippen LogP contribution in [0.4, 0.5) is 0 Å². The summed E-state index contributed by atoms with van der Waals surface area (Å²) in [5, 5.41) is 11.8. The number of rotatable bonds is 1. The Labute approximate surface area is 88.7 Å². The highest BCUT2D eigenvalue weighted by molar-refractivity contribution is 6.09. The molecule has 0 saturated heterocycles. The second-order valence-electron chi connectivity index (χ2n) is 4.03. The summed E-state index contributed by atoms with van der Waals surface area (Å²) in [6.07, 6.45) is 2.17. The van der Waals surface area contributed by atoms with E-state index in [1.165, 1.54) is 27.5 Å². The molecule has 1 heteroatoms. The minimum atomic E-state index is 0.114. The Kier molecular flexibility index (Phi) is 1.70. The van der Waals surface area contributed by atoms with Crippen molar-refractivity contribution in [2.45, 2.75) is 13.5 Å². The Balaban J connectivity index is 2.50. The van der Waals surface area contributed by atoms with E-state index in [0.717, 1.165) is 5.56 Å². The predicted octanol–water partition coefficient (Wildman–Crippen LogP) is 3.21. The molecule has 0 spiro atoms. The Bertz CT molecular complexity index is 579. The molecule has 0 aromatic heterocycles. The molecule has 1 nitrogen and oxygen atoms in total. The van der Waals surface area contributed by atoms with Gasteiger partial charge in [-0.1, -0.05) is 36.4 Å². The van der Waals surface area contributed by atoms with Gasteiger partial charge < -0.3 is 5.11 Å². The van der Waals surface area contributed by atoms with Gasteiger partial charge in [0.2, 0.25) is 0 Å². The van der Waals surface area contributed by atoms with Gasteiger partial charge in [-0.2, -0.15) is 0 Å². The molecule has 0 radical (unpaired) electrons. The van der Waals surface area contributed by atoms with Crippen molar-refractivity contribution in [1.29, 1.82) is 0 Å². The molecule has 0 heterocycles. The third-order valence-corrected chi connectivity index (χ3v) is 3.13. The molecule has 2 aromatic rings. The van der Waals surface area contributed by atoms with Gasteiger partial charge in [-0.05, 0) is 40.0 Å². The van der Waals surface area contributed by atoms with Crippen molar-refractivity contribution in [3.05, 3.63) is 47.0 Å². The average molecular weight is 196 g/mol.